The van der Waals surface area contributed by atoms with Gasteiger partial charge in [-0.15, -0.1) is 0 Å². The first-order valence-corrected chi connectivity index (χ1v) is 8.00. The molecule has 102 valence electrons. The quantitative estimate of drug-likeness (QED) is 0.826. The van der Waals surface area contributed by atoms with Crippen molar-refractivity contribution in [3.05, 3.63) is 42.5 Å². The highest BCUT2D eigenvalue weighted by molar-refractivity contribution is 7.51. The predicted octanol–water partition coefficient (Wildman–Crippen LogP) is 2.84. The number of nitrogens with zero attached hydrogens (tertiary/aromatic N) is 1. The summed E-state index contributed by atoms with van der Waals surface area (Å²) in [7, 11) is -1.95. The summed E-state index contributed by atoms with van der Waals surface area (Å²) in [6.07, 6.45) is 0.415. The van der Waals surface area contributed by atoms with Crippen LogP contribution in [0.1, 0.15) is 6.42 Å². The number of fused-ring (bicyclic) bond motifs is 1. The molecule has 2 rings (SSSR count). The topological polar surface area (TPSA) is 60.8 Å². The van der Waals surface area contributed by atoms with Gasteiger partial charge in [0.25, 0.3) is 0 Å². The van der Waals surface area contributed by atoms with E-state index >= 15 is 0 Å². The maximum Gasteiger partial charge on any atom is 0.325 e. The van der Waals surface area contributed by atoms with E-state index in [9.17, 15) is 4.57 Å². The zero-order valence-corrected chi connectivity index (χ0v) is 11.8. The Morgan fingerprint density at radius 2 is 1.79 bits per heavy atom. The number of benzene rings is 2. The van der Waals surface area contributed by atoms with Crippen molar-refractivity contribution in [1.29, 1.82) is 0 Å². The maximum absolute atomic E-state index is 10.8. The van der Waals surface area contributed by atoms with Crippen LogP contribution >= 0.6 is 7.60 Å². The first-order valence-electron chi connectivity index (χ1n) is 6.20. The number of rotatable bonds is 5. The third kappa shape index (κ3) is 4.06. The van der Waals surface area contributed by atoms with Crippen molar-refractivity contribution in [1.82, 2.24) is 0 Å². The second-order valence-corrected chi connectivity index (χ2v) is 6.47. The molecule has 5 heteroatoms. The molecule has 0 saturated carbocycles. The molecule has 2 aromatic carbocycles. The molecule has 4 nitrogen and oxygen atoms in total. The van der Waals surface area contributed by atoms with E-state index in [2.05, 4.69) is 24.3 Å². The Morgan fingerprint density at radius 1 is 1.11 bits per heavy atom. The zero-order valence-electron chi connectivity index (χ0n) is 10.9. The van der Waals surface area contributed by atoms with Crippen LogP contribution < -0.4 is 4.90 Å². The van der Waals surface area contributed by atoms with Gasteiger partial charge in [-0.05, 0) is 29.3 Å². The minimum atomic E-state index is -3.88. The third-order valence-corrected chi connectivity index (χ3v) is 4.02. The molecule has 0 amide bonds. The van der Waals surface area contributed by atoms with Gasteiger partial charge in [-0.1, -0.05) is 30.3 Å². The molecule has 0 atom stereocenters. The molecular weight excluding hydrogens is 261 g/mol. The molecule has 0 aliphatic heterocycles. The van der Waals surface area contributed by atoms with E-state index in [0.717, 1.165) is 5.69 Å². The van der Waals surface area contributed by atoms with Gasteiger partial charge in [0, 0.05) is 19.3 Å². The minimum absolute atomic E-state index is 0.0646. The molecule has 0 aliphatic carbocycles. The first kappa shape index (κ1) is 14.1. The lowest BCUT2D eigenvalue weighted by molar-refractivity contribution is 0.372. The van der Waals surface area contributed by atoms with Crippen LogP contribution in [0.5, 0.6) is 0 Å². The molecule has 0 aromatic heterocycles. The van der Waals surface area contributed by atoms with E-state index in [1.54, 1.807) is 0 Å². The highest BCUT2D eigenvalue weighted by Crippen LogP contribution is 2.35. The van der Waals surface area contributed by atoms with Crippen LogP contribution in [0.2, 0.25) is 0 Å². The molecule has 0 spiro atoms. The lowest BCUT2D eigenvalue weighted by Gasteiger charge is -2.20. The second kappa shape index (κ2) is 5.74. The number of hydrogen-bond acceptors (Lipinski definition) is 2. The maximum atomic E-state index is 10.8. The van der Waals surface area contributed by atoms with Gasteiger partial charge in [0.2, 0.25) is 0 Å². The van der Waals surface area contributed by atoms with Crippen LogP contribution in [0.15, 0.2) is 42.5 Å². The van der Waals surface area contributed by atoms with Gasteiger partial charge < -0.3 is 14.7 Å². The van der Waals surface area contributed by atoms with Gasteiger partial charge in [-0.25, -0.2) is 0 Å². The number of hydrogen-bond donors (Lipinski definition) is 2. The van der Waals surface area contributed by atoms with E-state index in [1.807, 2.05) is 30.1 Å². The van der Waals surface area contributed by atoms with Gasteiger partial charge in [-0.2, -0.15) is 0 Å². The minimum Gasteiger partial charge on any atom is -0.375 e. The van der Waals surface area contributed by atoms with Crippen molar-refractivity contribution in [2.24, 2.45) is 0 Å². The monoisotopic (exact) mass is 279 g/mol. The smallest absolute Gasteiger partial charge is 0.325 e. The molecule has 0 aliphatic rings. The summed E-state index contributed by atoms with van der Waals surface area (Å²) in [4.78, 5) is 19.7. The van der Waals surface area contributed by atoms with Gasteiger partial charge in [0.1, 0.15) is 0 Å². The predicted molar refractivity (Wildman–Crippen MR) is 78.7 cm³/mol. The summed E-state index contributed by atoms with van der Waals surface area (Å²) in [5.74, 6) is 0. The van der Waals surface area contributed by atoms with Crippen molar-refractivity contribution in [2.75, 3.05) is 24.7 Å². The zero-order chi connectivity index (χ0) is 13.9. The molecular formula is C14H18NO3P. The molecule has 0 fully saturated rings. The Bertz CT molecular complexity index is 608. The molecule has 0 bridgehead atoms. The fourth-order valence-corrected chi connectivity index (χ4v) is 2.61. The van der Waals surface area contributed by atoms with Gasteiger partial charge >= 0.3 is 7.60 Å². The fraction of sp³-hybridized carbons (Fsp3) is 0.286. The normalized spacial score (nSPS) is 11.7. The van der Waals surface area contributed by atoms with Crippen molar-refractivity contribution in [2.45, 2.75) is 6.42 Å². The molecule has 0 unspecified atom stereocenters. The highest BCUT2D eigenvalue weighted by atomic mass is 31.2. The summed E-state index contributed by atoms with van der Waals surface area (Å²) in [5.41, 5.74) is 1.06. The Balaban J connectivity index is 2.05. The van der Waals surface area contributed by atoms with Gasteiger partial charge in [-0.3, -0.25) is 4.57 Å². The molecule has 0 heterocycles. The number of anilines is 1. The van der Waals surface area contributed by atoms with Crippen molar-refractivity contribution in [3.8, 4) is 0 Å². The molecule has 19 heavy (non-hydrogen) atoms. The Kier molecular flexibility index (Phi) is 4.25. The summed E-state index contributed by atoms with van der Waals surface area (Å²) >= 11 is 0. The second-order valence-electron chi connectivity index (χ2n) is 4.69. The average molecular weight is 279 g/mol. The van der Waals surface area contributed by atoms with Gasteiger partial charge in [0.05, 0.1) is 6.16 Å². The summed E-state index contributed by atoms with van der Waals surface area (Å²) in [6.45, 7) is 0.628. The Labute approximate surface area is 112 Å². The van der Waals surface area contributed by atoms with Crippen LogP contribution in [0.3, 0.4) is 0 Å². The Morgan fingerprint density at radius 3 is 2.47 bits per heavy atom. The highest BCUT2D eigenvalue weighted by Gasteiger charge is 2.12. The molecule has 0 radical (unpaired) electrons. The van der Waals surface area contributed by atoms with Gasteiger partial charge in [0.15, 0.2) is 0 Å². The van der Waals surface area contributed by atoms with Crippen LogP contribution in [0.4, 0.5) is 5.69 Å². The summed E-state index contributed by atoms with van der Waals surface area (Å²) in [6, 6.07) is 14.3. The lowest BCUT2D eigenvalue weighted by Crippen LogP contribution is -2.19. The summed E-state index contributed by atoms with van der Waals surface area (Å²) < 4.78 is 10.8. The summed E-state index contributed by atoms with van der Waals surface area (Å²) in [5, 5.41) is 2.36. The first-order chi connectivity index (χ1) is 8.96. The van der Waals surface area contributed by atoms with Crippen LogP contribution in [0.25, 0.3) is 10.8 Å². The lowest BCUT2D eigenvalue weighted by atomic mass is 10.1. The SMILES string of the molecule is CN(CCCP(=O)(O)O)c1ccc2ccccc2c1. The fourth-order valence-electron chi connectivity index (χ4n) is 2.06. The third-order valence-electron chi connectivity index (χ3n) is 3.12. The van der Waals surface area contributed by atoms with Crippen LogP contribution in [0, 0.1) is 0 Å². The largest absolute Gasteiger partial charge is 0.375 e. The van der Waals surface area contributed by atoms with E-state index < -0.39 is 7.60 Å². The van der Waals surface area contributed by atoms with Crippen molar-refractivity contribution >= 4 is 24.1 Å². The molecule has 0 saturated heterocycles. The molecule has 2 aromatic rings. The van der Waals surface area contributed by atoms with Crippen molar-refractivity contribution < 1.29 is 14.4 Å². The standard InChI is InChI=1S/C14H18NO3P/c1-15(9-4-10-19(16,17)18)14-8-7-12-5-2-3-6-13(12)11-14/h2-3,5-8,11H,4,9-10H2,1H3,(H2,16,17,18). The van der Waals surface area contributed by atoms with E-state index in [1.165, 1.54) is 10.8 Å². The average Bonchev–Trinajstić information content (AvgIpc) is 2.36. The van der Waals surface area contributed by atoms with E-state index in [0.29, 0.717) is 13.0 Å². The van der Waals surface area contributed by atoms with Crippen LogP contribution in [-0.4, -0.2) is 29.5 Å². The Hall–Kier alpha value is -1.35. The van der Waals surface area contributed by atoms with E-state index in [-0.39, 0.29) is 6.16 Å². The molecule has 2 N–H and O–H groups in total. The van der Waals surface area contributed by atoms with Crippen molar-refractivity contribution in [3.63, 3.8) is 0 Å². The van der Waals surface area contributed by atoms with E-state index in [4.69, 9.17) is 9.79 Å². The van der Waals surface area contributed by atoms with Crippen LogP contribution in [-0.2, 0) is 4.57 Å².